The Balaban J connectivity index is 1.55. The number of anilines is 1. The second-order valence-corrected chi connectivity index (χ2v) is 9.70. The van der Waals surface area contributed by atoms with E-state index in [1.165, 1.54) is 67.9 Å². The van der Waals surface area contributed by atoms with E-state index in [0.717, 1.165) is 16.8 Å². The van der Waals surface area contributed by atoms with Crippen molar-refractivity contribution in [1.29, 1.82) is 0 Å². The molecule has 0 saturated heterocycles. The van der Waals surface area contributed by atoms with Gasteiger partial charge in [0.25, 0.3) is 11.5 Å². The third kappa shape index (κ3) is 6.70. The zero-order chi connectivity index (χ0) is 31.4. The molecule has 1 amide bonds. The number of fused-ring (bicyclic) bond motifs is 1. The number of methoxy groups -OCH3 is 1. The van der Waals surface area contributed by atoms with Gasteiger partial charge in [-0.15, -0.1) is 0 Å². The number of carbonyl (C=O) groups excluding carboxylic acids is 1. The fraction of sp³-hybridized carbons (Fsp3) is 0.0968. The van der Waals surface area contributed by atoms with Crippen molar-refractivity contribution in [2.24, 2.45) is 5.10 Å². The van der Waals surface area contributed by atoms with Crippen molar-refractivity contribution in [1.82, 2.24) is 9.66 Å². The molecular formula is C31H21ClF4N4O4. The second-order valence-electron chi connectivity index (χ2n) is 9.26. The van der Waals surface area contributed by atoms with Gasteiger partial charge in [-0.25, -0.2) is 9.37 Å². The number of ether oxygens (including phenoxy) is 2. The molecule has 0 saturated carbocycles. The van der Waals surface area contributed by atoms with Gasteiger partial charge < -0.3 is 14.8 Å². The summed E-state index contributed by atoms with van der Waals surface area (Å²) >= 11 is 6.27. The number of alkyl halides is 3. The molecular weight excluding hydrogens is 604 g/mol. The van der Waals surface area contributed by atoms with Gasteiger partial charge in [0.15, 0.2) is 23.9 Å². The van der Waals surface area contributed by atoms with E-state index in [0.29, 0.717) is 5.69 Å². The van der Waals surface area contributed by atoms with Crippen LogP contribution >= 0.6 is 11.6 Å². The molecule has 0 aliphatic rings. The fourth-order valence-corrected chi connectivity index (χ4v) is 4.45. The number of halogens is 5. The molecule has 0 fully saturated rings. The molecule has 5 aromatic rings. The second kappa shape index (κ2) is 12.6. The predicted octanol–water partition coefficient (Wildman–Crippen LogP) is 6.78. The van der Waals surface area contributed by atoms with E-state index in [1.54, 1.807) is 18.2 Å². The van der Waals surface area contributed by atoms with Crippen LogP contribution in [-0.4, -0.2) is 35.5 Å². The Bertz CT molecular complexity index is 1940. The molecule has 0 bridgehead atoms. The lowest BCUT2D eigenvalue weighted by molar-refractivity contribution is -0.137. The molecule has 1 heterocycles. The Morgan fingerprint density at radius 2 is 1.80 bits per heavy atom. The van der Waals surface area contributed by atoms with Crippen LogP contribution in [0.1, 0.15) is 11.1 Å². The Labute approximate surface area is 252 Å². The first kappa shape index (κ1) is 30.2. The van der Waals surface area contributed by atoms with Crippen LogP contribution in [0.15, 0.2) is 94.8 Å². The maximum Gasteiger partial charge on any atom is 0.416 e. The van der Waals surface area contributed by atoms with Crippen molar-refractivity contribution in [3.05, 3.63) is 117 Å². The van der Waals surface area contributed by atoms with Crippen molar-refractivity contribution in [3.8, 4) is 22.9 Å². The SMILES string of the molecule is COc1cc(Cl)cc(C=Nn2c(-c3cccc(C(F)(F)F)c3)nc3ccccc3c2=O)c1OCC(=O)Nc1ccc(F)cc1. The minimum atomic E-state index is -4.63. The summed E-state index contributed by atoms with van der Waals surface area (Å²) in [4.78, 5) is 30.5. The Morgan fingerprint density at radius 1 is 1.05 bits per heavy atom. The van der Waals surface area contributed by atoms with Gasteiger partial charge in [0.05, 0.1) is 29.8 Å². The molecule has 0 radical (unpaired) electrons. The average molecular weight is 625 g/mol. The molecule has 44 heavy (non-hydrogen) atoms. The highest BCUT2D eigenvalue weighted by Gasteiger charge is 2.31. The quantitative estimate of drug-likeness (QED) is 0.152. The number of amides is 1. The Morgan fingerprint density at radius 3 is 2.52 bits per heavy atom. The molecule has 13 heteroatoms. The topological polar surface area (TPSA) is 94.8 Å². The molecule has 5 rings (SSSR count). The molecule has 4 aromatic carbocycles. The van der Waals surface area contributed by atoms with Gasteiger partial charge in [0, 0.05) is 27.9 Å². The third-order valence-corrected chi connectivity index (χ3v) is 6.48. The summed E-state index contributed by atoms with van der Waals surface area (Å²) < 4.78 is 65.7. The van der Waals surface area contributed by atoms with Gasteiger partial charge in [-0.3, -0.25) is 9.59 Å². The summed E-state index contributed by atoms with van der Waals surface area (Å²) in [6.45, 7) is -0.497. The lowest BCUT2D eigenvalue weighted by Gasteiger charge is -2.15. The zero-order valence-electron chi connectivity index (χ0n) is 22.7. The molecule has 0 aliphatic heterocycles. The monoisotopic (exact) mass is 624 g/mol. The Kier molecular flexibility index (Phi) is 8.63. The van der Waals surface area contributed by atoms with E-state index in [-0.39, 0.29) is 44.4 Å². The van der Waals surface area contributed by atoms with Gasteiger partial charge in [0.1, 0.15) is 5.82 Å². The number of para-hydroxylation sites is 1. The largest absolute Gasteiger partial charge is 0.493 e. The highest BCUT2D eigenvalue weighted by atomic mass is 35.5. The summed E-state index contributed by atoms with van der Waals surface area (Å²) in [6.07, 6.45) is -3.44. The lowest BCUT2D eigenvalue weighted by Crippen LogP contribution is -2.21. The van der Waals surface area contributed by atoms with Gasteiger partial charge in [-0.05, 0) is 54.6 Å². The van der Waals surface area contributed by atoms with Crippen molar-refractivity contribution in [2.45, 2.75) is 6.18 Å². The third-order valence-electron chi connectivity index (χ3n) is 6.26. The van der Waals surface area contributed by atoms with Gasteiger partial charge in [-0.1, -0.05) is 35.9 Å². The summed E-state index contributed by atoms with van der Waals surface area (Å²) in [5, 5.41) is 7.23. The molecule has 1 N–H and O–H groups in total. The minimum absolute atomic E-state index is 0.00237. The first-order valence-electron chi connectivity index (χ1n) is 12.8. The lowest BCUT2D eigenvalue weighted by atomic mass is 10.1. The summed E-state index contributed by atoms with van der Waals surface area (Å²) in [6, 6.07) is 18.7. The molecule has 0 spiro atoms. The first-order chi connectivity index (χ1) is 21.0. The highest BCUT2D eigenvalue weighted by Crippen LogP contribution is 2.35. The van der Waals surface area contributed by atoms with Crippen LogP contribution in [0.25, 0.3) is 22.3 Å². The van der Waals surface area contributed by atoms with Gasteiger partial charge in [-0.2, -0.15) is 22.9 Å². The van der Waals surface area contributed by atoms with Crippen LogP contribution in [0.4, 0.5) is 23.2 Å². The normalized spacial score (nSPS) is 11.6. The fourth-order valence-electron chi connectivity index (χ4n) is 4.23. The number of hydrogen-bond donors (Lipinski definition) is 1. The number of benzene rings is 4. The molecule has 224 valence electrons. The molecule has 8 nitrogen and oxygen atoms in total. The maximum atomic E-state index is 13.5. The molecule has 1 aromatic heterocycles. The van der Waals surface area contributed by atoms with Crippen molar-refractivity contribution in [2.75, 3.05) is 19.0 Å². The summed E-state index contributed by atoms with van der Waals surface area (Å²) in [5.74, 6) is -1.01. The highest BCUT2D eigenvalue weighted by molar-refractivity contribution is 6.31. The summed E-state index contributed by atoms with van der Waals surface area (Å²) in [5.41, 5.74) is -0.792. The molecule has 0 unspecified atom stereocenters. The number of nitrogens with one attached hydrogen (secondary N) is 1. The van der Waals surface area contributed by atoms with Crippen molar-refractivity contribution < 1.29 is 31.8 Å². The van der Waals surface area contributed by atoms with E-state index in [2.05, 4.69) is 15.4 Å². The van der Waals surface area contributed by atoms with Crippen LogP contribution < -0.4 is 20.3 Å². The predicted molar refractivity (Wildman–Crippen MR) is 158 cm³/mol. The standard InChI is InChI=1S/C31H21ClF4N4O4/c1-43-26-15-21(32)14-19(28(26)44-17-27(41)38-23-11-9-22(33)10-12-23)16-37-40-29(18-5-4-6-20(13-18)31(34,35)36)39-25-8-3-2-7-24(25)30(40)42/h2-16H,17H2,1H3,(H,38,41). The molecule has 0 atom stereocenters. The average Bonchev–Trinajstić information content (AvgIpc) is 3.00. The smallest absolute Gasteiger partial charge is 0.416 e. The number of hydrogen-bond acceptors (Lipinski definition) is 6. The van der Waals surface area contributed by atoms with Gasteiger partial charge >= 0.3 is 6.18 Å². The van der Waals surface area contributed by atoms with Crippen LogP contribution in [0.5, 0.6) is 11.5 Å². The van der Waals surface area contributed by atoms with Crippen molar-refractivity contribution >= 4 is 40.3 Å². The van der Waals surface area contributed by atoms with E-state index in [1.807, 2.05) is 0 Å². The van der Waals surface area contributed by atoms with Crippen LogP contribution in [0, 0.1) is 5.82 Å². The number of aromatic nitrogens is 2. The van der Waals surface area contributed by atoms with E-state index in [4.69, 9.17) is 21.1 Å². The van der Waals surface area contributed by atoms with Crippen molar-refractivity contribution in [3.63, 3.8) is 0 Å². The summed E-state index contributed by atoms with van der Waals surface area (Å²) in [7, 11) is 1.35. The van der Waals surface area contributed by atoms with Crippen LogP contribution in [0.3, 0.4) is 0 Å². The van der Waals surface area contributed by atoms with Gasteiger partial charge in [0.2, 0.25) is 0 Å². The minimum Gasteiger partial charge on any atom is -0.493 e. The number of nitrogens with zero attached hydrogens (tertiary/aromatic N) is 3. The number of rotatable bonds is 8. The number of carbonyl (C=O) groups is 1. The van der Waals surface area contributed by atoms with E-state index in [9.17, 15) is 27.2 Å². The van der Waals surface area contributed by atoms with Crippen LogP contribution in [0.2, 0.25) is 5.02 Å². The molecule has 0 aliphatic carbocycles. The maximum absolute atomic E-state index is 13.5. The van der Waals surface area contributed by atoms with E-state index >= 15 is 0 Å². The Hall–Kier alpha value is -5.23. The zero-order valence-corrected chi connectivity index (χ0v) is 23.5. The first-order valence-corrected chi connectivity index (χ1v) is 13.2. The van der Waals surface area contributed by atoms with Crippen LogP contribution in [-0.2, 0) is 11.0 Å². The van der Waals surface area contributed by atoms with E-state index < -0.39 is 35.6 Å².